The number of halogens is 1. The van der Waals surface area contributed by atoms with Gasteiger partial charge in [0.25, 0.3) is 0 Å². The number of Topliss-reactive ketones (excluding diaryl/α,β-unsaturated/α-hetero) is 1. The first-order valence-corrected chi connectivity index (χ1v) is 6.90. The molecule has 1 atom stereocenters. The summed E-state index contributed by atoms with van der Waals surface area (Å²) in [5, 5.41) is -1.71. The Bertz CT molecular complexity index is 503. The Balaban J connectivity index is 3.03. The van der Waals surface area contributed by atoms with Gasteiger partial charge in [-0.1, -0.05) is 0 Å². The third-order valence-corrected chi connectivity index (χ3v) is 5.16. The van der Waals surface area contributed by atoms with E-state index in [2.05, 4.69) is 0 Å². The summed E-state index contributed by atoms with van der Waals surface area (Å²) in [4.78, 5) is 11.9. The van der Waals surface area contributed by atoms with Crippen molar-refractivity contribution in [1.29, 1.82) is 0 Å². The van der Waals surface area contributed by atoms with Crippen LogP contribution in [0.5, 0.6) is 0 Å². The monoisotopic (exact) mass is 258 g/mol. The minimum atomic E-state index is -3.48. The van der Waals surface area contributed by atoms with Crippen molar-refractivity contribution in [2.45, 2.75) is 31.3 Å². The molecule has 0 heterocycles. The molecule has 0 aliphatic carbocycles. The highest BCUT2D eigenvalue weighted by Crippen LogP contribution is 2.15. The van der Waals surface area contributed by atoms with Crippen molar-refractivity contribution in [3.05, 3.63) is 35.6 Å². The van der Waals surface area contributed by atoms with E-state index in [9.17, 15) is 17.6 Å². The van der Waals surface area contributed by atoms with Crippen LogP contribution in [-0.2, 0) is 9.84 Å². The van der Waals surface area contributed by atoms with Crippen LogP contribution in [0.25, 0.3) is 0 Å². The third kappa shape index (κ3) is 2.91. The average Bonchev–Trinajstić information content (AvgIpc) is 2.27. The van der Waals surface area contributed by atoms with E-state index >= 15 is 0 Å². The molecule has 1 aromatic rings. The van der Waals surface area contributed by atoms with E-state index in [0.29, 0.717) is 0 Å². The van der Waals surface area contributed by atoms with Gasteiger partial charge >= 0.3 is 0 Å². The number of carbonyl (C=O) groups excluding carboxylic acids is 1. The third-order valence-electron chi connectivity index (χ3n) is 2.65. The molecular formula is C12H15FO3S. The van der Waals surface area contributed by atoms with Crippen molar-refractivity contribution >= 4 is 15.6 Å². The lowest BCUT2D eigenvalue weighted by atomic mass is 10.1. The van der Waals surface area contributed by atoms with Crippen LogP contribution in [0.1, 0.15) is 31.1 Å². The fourth-order valence-electron chi connectivity index (χ4n) is 1.41. The van der Waals surface area contributed by atoms with E-state index in [1.54, 1.807) is 0 Å². The highest BCUT2D eigenvalue weighted by Gasteiger charge is 2.31. The minimum Gasteiger partial charge on any atom is -0.293 e. The molecule has 0 aliphatic rings. The summed E-state index contributed by atoms with van der Waals surface area (Å²) < 4.78 is 36.3. The van der Waals surface area contributed by atoms with Crippen molar-refractivity contribution in [2.75, 3.05) is 0 Å². The molecule has 0 fully saturated rings. The summed E-state index contributed by atoms with van der Waals surface area (Å²) in [5.74, 6) is -0.959. The Hall–Kier alpha value is -1.23. The maximum Gasteiger partial charge on any atom is 0.180 e. The fourth-order valence-corrected chi connectivity index (χ4v) is 2.66. The zero-order chi connectivity index (χ0) is 13.2. The van der Waals surface area contributed by atoms with Crippen LogP contribution in [0, 0.1) is 5.82 Å². The highest BCUT2D eigenvalue weighted by atomic mass is 32.2. The SMILES string of the molecule is CC(C)S(=O)(=O)C(C)C(=O)c1ccc(F)cc1. The maximum atomic E-state index is 12.7. The van der Waals surface area contributed by atoms with Gasteiger partial charge in [-0.05, 0) is 45.0 Å². The largest absolute Gasteiger partial charge is 0.293 e. The predicted octanol–water partition coefficient (Wildman–Crippen LogP) is 2.22. The average molecular weight is 258 g/mol. The Morgan fingerprint density at radius 2 is 1.59 bits per heavy atom. The lowest BCUT2D eigenvalue weighted by Crippen LogP contribution is -2.32. The second-order valence-corrected chi connectivity index (χ2v) is 6.98. The molecule has 1 unspecified atom stereocenters. The summed E-state index contributed by atoms with van der Waals surface area (Å²) in [6.45, 7) is 4.43. The molecule has 0 aromatic heterocycles. The van der Waals surface area contributed by atoms with Crippen LogP contribution in [0.15, 0.2) is 24.3 Å². The Morgan fingerprint density at radius 1 is 1.12 bits per heavy atom. The van der Waals surface area contributed by atoms with Crippen LogP contribution in [0.3, 0.4) is 0 Å². The zero-order valence-electron chi connectivity index (χ0n) is 9.98. The van der Waals surface area contributed by atoms with Crippen molar-refractivity contribution in [1.82, 2.24) is 0 Å². The Labute approximate surface area is 101 Å². The van der Waals surface area contributed by atoms with Gasteiger partial charge in [-0.3, -0.25) is 4.79 Å². The van der Waals surface area contributed by atoms with Gasteiger partial charge in [0.2, 0.25) is 0 Å². The molecule has 0 saturated heterocycles. The van der Waals surface area contributed by atoms with Crippen LogP contribution in [0.4, 0.5) is 4.39 Å². The van der Waals surface area contributed by atoms with Crippen LogP contribution in [-0.4, -0.2) is 24.7 Å². The molecule has 0 N–H and O–H groups in total. The van der Waals surface area contributed by atoms with Gasteiger partial charge in [-0.15, -0.1) is 0 Å². The summed E-state index contributed by atoms with van der Waals surface area (Å²) in [6, 6.07) is 4.87. The van der Waals surface area contributed by atoms with Crippen molar-refractivity contribution in [2.24, 2.45) is 0 Å². The van der Waals surface area contributed by atoms with Crippen LogP contribution < -0.4 is 0 Å². The summed E-state index contributed by atoms with van der Waals surface area (Å²) in [7, 11) is -3.48. The molecule has 1 aromatic carbocycles. The van der Waals surface area contributed by atoms with Gasteiger partial charge in [0, 0.05) is 5.56 Å². The van der Waals surface area contributed by atoms with Crippen LogP contribution >= 0.6 is 0 Å². The number of sulfone groups is 1. The van der Waals surface area contributed by atoms with E-state index in [-0.39, 0.29) is 5.56 Å². The molecule has 17 heavy (non-hydrogen) atoms. The smallest absolute Gasteiger partial charge is 0.180 e. The van der Waals surface area contributed by atoms with Gasteiger partial charge in [0.15, 0.2) is 15.6 Å². The van der Waals surface area contributed by atoms with Gasteiger partial charge < -0.3 is 0 Å². The minimum absolute atomic E-state index is 0.211. The van der Waals surface area contributed by atoms with Gasteiger partial charge in [-0.2, -0.15) is 0 Å². The Morgan fingerprint density at radius 3 is 2.00 bits per heavy atom. The number of carbonyl (C=O) groups is 1. The van der Waals surface area contributed by atoms with Gasteiger partial charge in [0.05, 0.1) is 5.25 Å². The molecule has 0 spiro atoms. The molecule has 0 saturated carbocycles. The van der Waals surface area contributed by atoms with E-state index < -0.39 is 31.9 Å². The molecule has 0 radical (unpaired) electrons. The predicted molar refractivity (Wildman–Crippen MR) is 64.2 cm³/mol. The summed E-state index contributed by atoms with van der Waals surface area (Å²) in [5.41, 5.74) is 0.211. The molecule has 0 aliphatic heterocycles. The molecule has 0 amide bonds. The Kier molecular flexibility index (Phi) is 4.03. The first kappa shape index (κ1) is 13.8. The van der Waals surface area contributed by atoms with E-state index in [0.717, 1.165) is 12.1 Å². The normalized spacial score (nSPS) is 13.7. The number of hydrogen-bond donors (Lipinski definition) is 0. The van der Waals surface area contributed by atoms with E-state index in [4.69, 9.17) is 0 Å². The number of ketones is 1. The summed E-state index contributed by atoms with van der Waals surface area (Å²) >= 11 is 0. The lowest BCUT2D eigenvalue weighted by molar-refractivity contribution is 0.0991. The molecular weight excluding hydrogens is 243 g/mol. The maximum absolute atomic E-state index is 12.7. The quantitative estimate of drug-likeness (QED) is 0.778. The molecule has 3 nitrogen and oxygen atoms in total. The highest BCUT2D eigenvalue weighted by molar-refractivity contribution is 7.93. The number of benzene rings is 1. The van der Waals surface area contributed by atoms with E-state index in [1.807, 2.05) is 0 Å². The summed E-state index contributed by atoms with van der Waals surface area (Å²) in [6.07, 6.45) is 0. The topological polar surface area (TPSA) is 51.2 Å². The van der Waals surface area contributed by atoms with E-state index in [1.165, 1.54) is 32.9 Å². The van der Waals surface area contributed by atoms with Crippen molar-refractivity contribution in [3.8, 4) is 0 Å². The lowest BCUT2D eigenvalue weighted by Gasteiger charge is -2.14. The van der Waals surface area contributed by atoms with Crippen molar-refractivity contribution < 1.29 is 17.6 Å². The van der Waals surface area contributed by atoms with Gasteiger partial charge in [-0.25, -0.2) is 12.8 Å². The standard InChI is InChI=1S/C12H15FO3S/c1-8(2)17(15,16)9(3)12(14)10-4-6-11(13)7-5-10/h4-9H,1-3H3. The fraction of sp³-hybridized carbons (Fsp3) is 0.417. The van der Waals surface area contributed by atoms with Crippen molar-refractivity contribution in [3.63, 3.8) is 0 Å². The first-order valence-electron chi connectivity index (χ1n) is 5.29. The molecule has 0 bridgehead atoms. The second-order valence-electron chi connectivity index (χ2n) is 4.15. The zero-order valence-corrected chi connectivity index (χ0v) is 10.8. The first-order chi connectivity index (χ1) is 7.76. The number of rotatable bonds is 4. The van der Waals surface area contributed by atoms with Gasteiger partial charge in [0.1, 0.15) is 11.1 Å². The molecule has 1 rings (SSSR count). The molecule has 94 valence electrons. The van der Waals surface area contributed by atoms with Crippen LogP contribution in [0.2, 0.25) is 0 Å². The second kappa shape index (κ2) is 4.96. The molecule has 5 heteroatoms. The number of hydrogen-bond acceptors (Lipinski definition) is 3.